The molecule has 2 aromatic carbocycles. The zero-order chi connectivity index (χ0) is 19.5. The summed E-state index contributed by atoms with van der Waals surface area (Å²) < 4.78 is 0. The van der Waals surface area contributed by atoms with Gasteiger partial charge in [0.15, 0.2) is 0 Å². The van der Waals surface area contributed by atoms with Gasteiger partial charge < -0.3 is 5.32 Å². The van der Waals surface area contributed by atoms with Gasteiger partial charge in [-0.3, -0.25) is 4.79 Å². The summed E-state index contributed by atoms with van der Waals surface area (Å²) >= 11 is 13.8. The van der Waals surface area contributed by atoms with Gasteiger partial charge in [-0.1, -0.05) is 47.5 Å². The van der Waals surface area contributed by atoms with Crippen LogP contribution in [0.4, 0.5) is 10.7 Å². The first-order valence-corrected chi connectivity index (χ1v) is 10.7. The molecule has 0 saturated heterocycles. The van der Waals surface area contributed by atoms with Crippen molar-refractivity contribution in [1.29, 1.82) is 0 Å². The molecule has 1 aliphatic rings. The van der Waals surface area contributed by atoms with Crippen LogP contribution in [0.2, 0.25) is 10.0 Å². The number of thiophene rings is 1. The number of aliphatic imine (C=N–C) groups is 1. The molecule has 1 aromatic heterocycles. The summed E-state index contributed by atoms with van der Waals surface area (Å²) in [6, 6.07) is 14.8. The maximum absolute atomic E-state index is 13.1. The molecule has 1 N–H and O–H groups in total. The lowest BCUT2D eigenvalue weighted by Gasteiger charge is -2.12. The molecule has 0 aliphatic heterocycles. The highest BCUT2D eigenvalue weighted by Gasteiger charge is 2.25. The van der Waals surface area contributed by atoms with E-state index in [1.165, 1.54) is 4.88 Å². The van der Waals surface area contributed by atoms with Crippen LogP contribution in [-0.2, 0) is 12.8 Å². The van der Waals surface area contributed by atoms with Crippen LogP contribution in [-0.4, -0.2) is 12.1 Å². The van der Waals surface area contributed by atoms with Crippen molar-refractivity contribution in [3.63, 3.8) is 0 Å². The summed E-state index contributed by atoms with van der Waals surface area (Å²) in [5.74, 6) is -0.111. The molecule has 0 radical (unpaired) electrons. The SMILES string of the molecule is O=C(Nc1ccccc1)c1c(N=Cc2ccc(Cl)cc2Cl)sc2c1CCCC2. The van der Waals surface area contributed by atoms with Gasteiger partial charge >= 0.3 is 0 Å². The molecule has 3 aromatic rings. The Balaban J connectivity index is 1.69. The van der Waals surface area contributed by atoms with Gasteiger partial charge in [-0.15, -0.1) is 11.3 Å². The van der Waals surface area contributed by atoms with E-state index < -0.39 is 0 Å². The number of para-hydroxylation sites is 1. The van der Waals surface area contributed by atoms with Gasteiger partial charge in [-0.05, 0) is 55.5 Å². The highest BCUT2D eigenvalue weighted by molar-refractivity contribution is 7.16. The fourth-order valence-corrected chi connectivity index (χ4v) is 5.01. The number of anilines is 1. The third kappa shape index (κ3) is 4.14. The Morgan fingerprint density at radius 2 is 1.86 bits per heavy atom. The van der Waals surface area contributed by atoms with E-state index in [2.05, 4.69) is 10.3 Å². The number of carbonyl (C=O) groups excluding carboxylic acids is 1. The molecule has 0 spiro atoms. The van der Waals surface area contributed by atoms with Crippen molar-refractivity contribution in [2.75, 3.05) is 5.32 Å². The van der Waals surface area contributed by atoms with Gasteiger partial charge in [0.05, 0.1) is 10.6 Å². The molecular formula is C22H18Cl2N2OS. The summed E-state index contributed by atoms with van der Waals surface area (Å²) in [6.45, 7) is 0. The van der Waals surface area contributed by atoms with Crippen LogP contribution in [0, 0.1) is 0 Å². The molecule has 142 valence electrons. The number of nitrogens with one attached hydrogen (secondary N) is 1. The van der Waals surface area contributed by atoms with Crippen molar-refractivity contribution in [3.05, 3.63) is 80.1 Å². The van der Waals surface area contributed by atoms with Gasteiger partial charge in [0.2, 0.25) is 0 Å². The number of fused-ring (bicyclic) bond motifs is 1. The molecule has 3 nitrogen and oxygen atoms in total. The maximum atomic E-state index is 13.1. The lowest BCUT2D eigenvalue weighted by atomic mass is 9.95. The molecule has 0 unspecified atom stereocenters. The third-order valence-corrected chi connectivity index (χ3v) is 6.46. The Bertz CT molecular complexity index is 1040. The quantitative estimate of drug-likeness (QED) is 0.449. The molecule has 6 heteroatoms. The molecule has 0 bridgehead atoms. The van der Waals surface area contributed by atoms with Crippen LogP contribution < -0.4 is 5.32 Å². The fraction of sp³-hybridized carbons (Fsp3) is 0.182. The highest BCUT2D eigenvalue weighted by atomic mass is 35.5. The average Bonchev–Trinajstić information content (AvgIpc) is 3.06. The van der Waals surface area contributed by atoms with E-state index in [9.17, 15) is 4.79 Å². The summed E-state index contributed by atoms with van der Waals surface area (Å²) in [7, 11) is 0. The zero-order valence-corrected chi connectivity index (χ0v) is 17.4. The van der Waals surface area contributed by atoms with Crippen molar-refractivity contribution in [2.24, 2.45) is 4.99 Å². The Hall–Kier alpha value is -2.14. The molecule has 0 saturated carbocycles. The minimum Gasteiger partial charge on any atom is -0.322 e. The van der Waals surface area contributed by atoms with Gasteiger partial charge in [-0.25, -0.2) is 4.99 Å². The van der Waals surface area contributed by atoms with Crippen molar-refractivity contribution in [1.82, 2.24) is 0 Å². The molecule has 1 amide bonds. The third-order valence-electron chi connectivity index (χ3n) is 4.69. The second-order valence-electron chi connectivity index (χ2n) is 6.64. The van der Waals surface area contributed by atoms with Gasteiger partial charge in [0.1, 0.15) is 5.00 Å². The molecule has 4 rings (SSSR count). The Kier molecular flexibility index (Phi) is 5.81. The summed E-state index contributed by atoms with van der Waals surface area (Å²) in [5.41, 5.74) is 3.37. The number of amides is 1. The normalized spacial score (nSPS) is 13.5. The monoisotopic (exact) mass is 428 g/mol. The number of hydrogen-bond donors (Lipinski definition) is 1. The number of carbonyl (C=O) groups is 1. The highest BCUT2D eigenvalue weighted by Crippen LogP contribution is 2.40. The number of halogens is 2. The summed E-state index contributed by atoms with van der Waals surface area (Å²) in [4.78, 5) is 19.0. The van der Waals surface area contributed by atoms with Gasteiger partial charge in [-0.2, -0.15) is 0 Å². The van der Waals surface area contributed by atoms with Crippen LogP contribution in [0.1, 0.15) is 39.2 Å². The number of hydrogen-bond acceptors (Lipinski definition) is 3. The molecule has 0 atom stereocenters. The Labute approximate surface area is 178 Å². The first-order valence-electron chi connectivity index (χ1n) is 9.12. The predicted molar refractivity (Wildman–Crippen MR) is 119 cm³/mol. The standard InChI is InChI=1S/C22H18Cl2N2OS/c23-15-11-10-14(18(24)12-15)13-25-22-20(17-8-4-5-9-19(17)28-22)21(27)26-16-6-2-1-3-7-16/h1-3,6-7,10-13H,4-5,8-9H2,(H,26,27). The van der Waals surface area contributed by atoms with Crippen molar-refractivity contribution >= 4 is 57.3 Å². The number of benzene rings is 2. The van der Waals surface area contributed by atoms with Crippen LogP contribution in [0.25, 0.3) is 0 Å². The van der Waals surface area contributed by atoms with Crippen molar-refractivity contribution in [2.45, 2.75) is 25.7 Å². The van der Waals surface area contributed by atoms with Gasteiger partial charge in [0.25, 0.3) is 5.91 Å². The molecule has 1 aliphatic carbocycles. The van der Waals surface area contributed by atoms with Crippen molar-refractivity contribution < 1.29 is 4.79 Å². The smallest absolute Gasteiger partial charge is 0.259 e. The largest absolute Gasteiger partial charge is 0.322 e. The minimum atomic E-state index is -0.111. The average molecular weight is 429 g/mol. The molecular weight excluding hydrogens is 411 g/mol. The summed E-state index contributed by atoms with van der Waals surface area (Å²) in [5, 5.41) is 4.85. The predicted octanol–water partition coefficient (Wildman–Crippen LogP) is 6.94. The van der Waals surface area contributed by atoms with E-state index in [1.54, 1.807) is 29.7 Å². The van der Waals surface area contributed by atoms with E-state index in [4.69, 9.17) is 23.2 Å². The van der Waals surface area contributed by atoms with E-state index in [0.717, 1.165) is 47.5 Å². The molecule has 0 fully saturated rings. The maximum Gasteiger partial charge on any atom is 0.259 e. The Morgan fingerprint density at radius 1 is 1.07 bits per heavy atom. The second-order valence-corrected chi connectivity index (χ2v) is 8.56. The first-order chi connectivity index (χ1) is 13.6. The Morgan fingerprint density at radius 3 is 2.64 bits per heavy atom. The van der Waals surface area contributed by atoms with Crippen LogP contribution in [0.3, 0.4) is 0 Å². The minimum absolute atomic E-state index is 0.111. The second kappa shape index (κ2) is 8.48. The number of rotatable bonds is 4. The summed E-state index contributed by atoms with van der Waals surface area (Å²) in [6.07, 6.45) is 5.87. The van der Waals surface area contributed by atoms with E-state index in [1.807, 2.05) is 36.4 Å². The van der Waals surface area contributed by atoms with Crippen LogP contribution >= 0.6 is 34.5 Å². The molecule has 1 heterocycles. The lowest BCUT2D eigenvalue weighted by Crippen LogP contribution is -2.14. The van der Waals surface area contributed by atoms with Crippen molar-refractivity contribution in [3.8, 4) is 0 Å². The molecule has 28 heavy (non-hydrogen) atoms. The number of aryl methyl sites for hydroxylation is 1. The topological polar surface area (TPSA) is 41.5 Å². The van der Waals surface area contributed by atoms with Crippen LogP contribution in [0.15, 0.2) is 53.5 Å². The van der Waals surface area contributed by atoms with Crippen LogP contribution in [0.5, 0.6) is 0 Å². The van der Waals surface area contributed by atoms with E-state index in [-0.39, 0.29) is 5.91 Å². The van der Waals surface area contributed by atoms with Gasteiger partial charge in [0, 0.05) is 27.4 Å². The zero-order valence-electron chi connectivity index (χ0n) is 15.0. The van der Waals surface area contributed by atoms with E-state index >= 15 is 0 Å². The number of nitrogens with zero attached hydrogens (tertiary/aromatic N) is 1. The fourth-order valence-electron chi connectivity index (χ4n) is 3.33. The lowest BCUT2D eigenvalue weighted by molar-refractivity contribution is 0.102. The first kappa shape index (κ1) is 19.2. The van der Waals surface area contributed by atoms with E-state index in [0.29, 0.717) is 15.6 Å².